The molecular formula is C27H20F7N7O2. The summed E-state index contributed by atoms with van der Waals surface area (Å²) in [6.07, 6.45) is -4.63. The van der Waals surface area contributed by atoms with Crippen molar-refractivity contribution in [3.8, 4) is 23.2 Å². The highest BCUT2D eigenvalue weighted by Gasteiger charge is 2.45. The number of aromatic nitrogens is 4. The van der Waals surface area contributed by atoms with Crippen molar-refractivity contribution in [3.05, 3.63) is 76.9 Å². The zero-order valence-electron chi connectivity index (χ0n) is 22.3. The molecule has 1 atom stereocenters. The smallest absolute Gasteiger partial charge is 0.419 e. The van der Waals surface area contributed by atoms with Crippen LogP contribution in [-0.4, -0.2) is 31.9 Å². The standard InChI is InChI=1S/C27H20F7N7O2/c1-25(2,12-35)24-39-38-22(43-24)16-6-21-17(7-19(16)29)26(30,31)8-20(36)23(42)40(21)10-13-3-4-15(5-18(13)28)41-11-14(9-37-41)27(32,33)34/h3-7,9,11,20H,8,10,36H2,1-2H3/t20-/m1/s1. The van der Waals surface area contributed by atoms with Gasteiger partial charge in [0.05, 0.1) is 47.4 Å². The third-order valence-corrected chi connectivity index (χ3v) is 6.84. The molecule has 0 saturated carbocycles. The van der Waals surface area contributed by atoms with Crippen LogP contribution >= 0.6 is 0 Å². The van der Waals surface area contributed by atoms with Gasteiger partial charge in [-0.1, -0.05) is 6.07 Å². The van der Waals surface area contributed by atoms with Crippen LogP contribution in [0, 0.1) is 23.0 Å². The molecule has 0 radical (unpaired) electrons. The number of benzene rings is 2. The van der Waals surface area contributed by atoms with Crippen LogP contribution in [0.25, 0.3) is 17.1 Å². The Morgan fingerprint density at radius 3 is 2.49 bits per heavy atom. The van der Waals surface area contributed by atoms with Crippen LogP contribution in [-0.2, 0) is 28.9 Å². The van der Waals surface area contributed by atoms with Gasteiger partial charge >= 0.3 is 6.18 Å². The summed E-state index contributed by atoms with van der Waals surface area (Å²) in [6.45, 7) is 2.26. The number of alkyl halides is 5. The maximum atomic E-state index is 15.2. The number of hydrogen-bond donors (Lipinski definition) is 1. The summed E-state index contributed by atoms with van der Waals surface area (Å²) in [5, 5.41) is 20.4. The highest BCUT2D eigenvalue weighted by atomic mass is 19.4. The number of nitriles is 1. The minimum absolute atomic E-state index is 0.0839. The number of anilines is 1. The molecule has 43 heavy (non-hydrogen) atoms. The molecule has 4 aromatic rings. The fourth-order valence-electron chi connectivity index (χ4n) is 4.42. The van der Waals surface area contributed by atoms with Crippen molar-refractivity contribution >= 4 is 11.6 Å². The van der Waals surface area contributed by atoms with Gasteiger partial charge in [-0.2, -0.15) is 23.5 Å². The molecule has 16 heteroatoms. The normalized spacial score (nSPS) is 17.0. The Balaban J connectivity index is 1.57. The average molecular weight is 607 g/mol. The minimum atomic E-state index is -4.68. The third kappa shape index (κ3) is 5.43. The average Bonchev–Trinajstić information content (AvgIpc) is 3.62. The molecule has 1 aliphatic heterocycles. The second kappa shape index (κ2) is 10.2. The first-order chi connectivity index (χ1) is 20.0. The molecule has 0 bridgehead atoms. The predicted molar refractivity (Wildman–Crippen MR) is 135 cm³/mol. The number of carbonyl (C=O) groups is 1. The molecular weight excluding hydrogens is 587 g/mol. The molecule has 9 nitrogen and oxygen atoms in total. The van der Waals surface area contributed by atoms with Gasteiger partial charge in [-0.3, -0.25) is 4.79 Å². The van der Waals surface area contributed by atoms with E-state index in [1.807, 2.05) is 6.07 Å². The summed E-state index contributed by atoms with van der Waals surface area (Å²) < 4.78 is 106. The van der Waals surface area contributed by atoms with Crippen molar-refractivity contribution in [1.82, 2.24) is 20.0 Å². The summed E-state index contributed by atoms with van der Waals surface area (Å²) in [7, 11) is 0. The molecule has 3 heterocycles. The molecule has 0 spiro atoms. The van der Waals surface area contributed by atoms with Crippen LogP contribution in [0.15, 0.2) is 47.1 Å². The highest BCUT2D eigenvalue weighted by Crippen LogP contribution is 2.45. The summed E-state index contributed by atoms with van der Waals surface area (Å²) in [6, 6.07) is 4.76. The van der Waals surface area contributed by atoms with E-state index in [9.17, 15) is 23.2 Å². The SMILES string of the molecule is CC(C)(C#N)c1nnc(-c2cc3c(cc2F)C(F)(F)C[C@@H](N)C(=O)N3Cc2ccc(-n3cc(C(F)(F)F)cn3)cc2F)o1. The summed E-state index contributed by atoms with van der Waals surface area (Å²) in [4.78, 5) is 14.0. The minimum Gasteiger partial charge on any atom is -0.419 e. The fraction of sp³-hybridized carbons (Fsp3) is 0.296. The summed E-state index contributed by atoms with van der Waals surface area (Å²) in [5.41, 5.74) is 1.27. The van der Waals surface area contributed by atoms with Crippen LogP contribution in [0.4, 0.5) is 36.4 Å². The first kappa shape index (κ1) is 29.7. The van der Waals surface area contributed by atoms with Crippen molar-refractivity contribution < 1.29 is 39.9 Å². The summed E-state index contributed by atoms with van der Waals surface area (Å²) in [5.74, 6) is -7.64. The quantitative estimate of drug-likeness (QED) is 0.302. The van der Waals surface area contributed by atoms with Crippen molar-refractivity contribution in [1.29, 1.82) is 5.26 Å². The fourth-order valence-corrected chi connectivity index (χ4v) is 4.42. The lowest BCUT2D eigenvalue weighted by molar-refractivity contribution is -0.137. The van der Waals surface area contributed by atoms with E-state index in [1.54, 1.807) is 0 Å². The van der Waals surface area contributed by atoms with Gasteiger partial charge in [-0.05, 0) is 38.1 Å². The van der Waals surface area contributed by atoms with Gasteiger partial charge in [0.25, 0.3) is 11.8 Å². The van der Waals surface area contributed by atoms with Crippen molar-refractivity contribution in [2.45, 2.75) is 50.4 Å². The van der Waals surface area contributed by atoms with Gasteiger partial charge in [0.15, 0.2) is 0 Å². The molecule has 224 valence electrons. The van der Waals surface area contributed by atoms with E-state index in [2.05, 4.69) is 15.3 Å². The Kier molecular flexibility index (Phi) is 7.04. The zero-order chi connectivity index (χ0) is 31.5. The van der Waals surface area contributed by atoms with Crippen molar-refractivity contribution in [2.24, 2.45) is 5.73 Å². The Bertz CT molecular complexity index is 1770. The number of fused-ring (bicyclic) bond motifs is 1. The Hall–Kier alpha value is -4.78. The molecule has 2 N–H and O–H groups in total. The molecule has 5 rings (SSSR count). The summed E-state index contributed by atoms with van der Waals surface area (Å²) >= 11 is 0. The number of nitrogens with zero attached hydrogens (tertiary/aromatic N) is 6. The molecule has 0 saturated heterocycles. The number of halogens is 7. The molecule has 1 aliphatic rings. The number of nitrogens with two attached hydrogens (primary N) is 1. The van der Waals surface area contributed by atoms with E-state index in [-0.39, 0.29) is 17.1 Å². The van der Waals surface area contributed by atoms with Crippen LogP contribution in [0.1, 0.15) is 42.8 Å². The van der Waals surface area contributed by atoms with E-state index in [1.165, 1.54) is 19.9 Å². The van der Waals surface area contributed by atoms with E-state index in [0.717, 1.165) is 27.8 Å². The van der Waals surface area contributed by atoms with Gasteiger partial charge < -0.3 is 15.1 Å². The maximum absolute atomic E-state index is 15.2. The maximum Gasteiger partial charge on any atom is 0.419 e. The lowest BCUT2D eigenvalue weighted by Gasteiger charge is -2.26. The third-order valence-electron chi connectivity index (χ3n) is 6.84. The van der Waals surface area contributed by atoms with E-state index in [0.29, 0.717) is 18.5 Å². The van der Waals surface area contributed by atoms with Crippen LogP contribution < -0.4 is 10.6 Å². The number of carbonyl (C=O) groups excluding carboxylic acids is 1. The zero-order valence-corrected chi connectivity index (χ0v) is 22.3. The molecule has 1 amide bonds. The first-order valence-corrected chi connectivity index (χ1v) is 12.5. The second-order valence-electron chi connectivity index (χ2n) is 10.4. The first-order valence-electron chi connectivity index (χ1n) is 12.5. The van der Waals surface area contributed by atoms with E-state index >= 15 is 17.6 Å². The van der Waals surface area contributed by atoms with E-state index < -0.39 is 82.3 Å². The predicted octanol–water partition coefficient (Wildman–Crippen LogP) is 5.38. The van der Waals surface area contributed by atoms with Gasteiger partial charge in [0.2, 0.25) is 11.8 Å². The van der Waals surface area contributed by atoms with Gasteiger partial charge in [-0.15, -0.1) is 10.2 Å². The Morgan fingerprint density at radius 2 is 1.86 bits per heavy atom. The highest BCUT2D eigenvalue weighted by molar-refractivity contribution is 5.99. The monoisotopic (exact) mass is 607 g/mol. The second-order valence-corrected chi connectivity index (χ2v) is 10.4. The van der Waals surface area contributed by atoms with E-state index in [4.69, 9.17) is 10.2 Å². The Morgan fingerprint density at radius 1 is 1.14 bits per heavy atom. The van der Waals surface area contributed by atoms with Crippen molar-refractivity contribution in [3.63, 3.8) is 0 Å². The largest absolute Gasteiger partial charge is 0.419 e. The van der Waals surface area contributed by atoms with Crippen LogP contribution in [0.5, 0.6) is 0 Å². The molecule has 0 unspecified atom stereocenters. The number of rotatable bonds is 5. The van der Waals surface area contributed by atoms with Crippen LogP contribution in [0.3, 0.4) is 0 Å². The molecule has 0 fully saturated rings. The lowest BCUT2D eigenvalue weighted by Crippen LogP contribution is -2.43. The van der Waals surface area contributed by atoms with Gasteiger partial charge in [-0.25, -0.2) is 22.2 Å². The number of amides is 1. The molecule has 2 aromatic carbocycles. The Labute approximate surface area is 238 Å². The molecule has 0 aliphatic carbocycles. The van der Waals surface area contributed by atoms with Gasteiger partial charge in [0.1, 0.15) is 17.0 Å². The number of hydrogen-bond acceptors (Lipinski definition) is 7. The van der Waals surface area contributed by atoms with Gasteiger partial charge in [0, 0.05) is 23.7 Å². The van der Waals surface area contributed by atoms with Crippen LogP contribution in [0.2, 0.25) is 0 Å². The topological polar surface area (TPSA) is 127 Å². The molecule has 2 aromatic heterocycles. The van der Waals surface area contributed by atoms with Crippen molar-refractivity contribution in [2.75, 3.05) is 4.90 Å². The lowest BCUT2D eigenvalue weighted by atomic mass is 9.96.